The molecule has 0 radical (unpaired) electrons. The first-order chi connectivity index (χ1) is 5.27. The van der Waals surface area contributed by atoms with E-state index in [-0.39, 0.29) is 0 Å². The number of nitriles is 1. The van der Waals surface area contributed by atoms with Crippen molar-refractivity contribution in [2.24, 2.45) is 4.99 Å². The molecule has 0 spiro atoms. The predicted octanol–water partition coefficient (Wildman–Crippen LogP) is 1.11. The number of allylic oxidation sites excluding steroid dienone is 1. The molecule has 1 N–H and O–H groups in total. The second-order valence-electron chi connectivity index (χ2n) is 2.22. The van der Waals surface area contributed by atoms with E-state index in [0.29, 0.717) is 12.2 Å². The molecule has 1 heterocycles. The molecule has 1 aliphatic heterocycles. The van der Waals surface area contributed by atoms with E-state index in [1.807, 2.05) is 13.2 Å². The van der Waals surface area contributed by atoms with E-state index < -0.39 is 0 Å². The summed E-state index contributed by atoms with van der Waals surface area (Å²) in [7, 11) is 0. The number of thioether (sulfide) groups is 1. The molecular weight excluding hydrogens is 158 g/mol. The van der Waals surface area contributed by atoms with Crippen molar-refractivity contribution in [1.82, 2.24) is 5.32 Å². The first-order valence-electron chi connectivity index (χ1n) is 3.23. The van der Waals surface area contributed by atoms with Crippen LogP contribution in [0.15, 0.2) is 16.3 Å². The Labute approximate surface area is 70.2 Å². The average molecular weight is 167 g/mol. The van der Waals surface area contributed by atoms with Gasteiger partial charge in [-0.3, -0.25) is 4.99 Å². The zero-order chi connectivity index (χ0) is 8.27. The van der Waals surface area contributed by atoms with E-state index >= 15 is 0 Å². The van der Waals surface area contributed by atoms with Crippen LogP contribution in [0.5, 0.6) is 0 Å². The van der Waals surface area contributed by atoms with Gasteiger partial charge in [0.25, 0.3) is 0 Å². The minimum atomic E-state index is 0.643. The predicted molar refractivity (Wildman–Crippen MR) is 47.3 cm³/mol. The van der Waals surface area contributed by atoms with Crippen LogP contribution < -0.4 is 5.32 Å². The number of hydrogen-bond acceptors (Lipinski definition) is 4. The molecule has 0 amide bonds. The molecule has 0 saturated carbocycles. The molecule has 58 valence electrons. The molecule has 11 heavy (non-hydrogen) atoms. The van der Waals surface area contributed by atoms with E-state index in [2.05, 4.69) is 16.4 Å². The van der Waals surface area contributed by atoms with Gasteiger partial charge in [-0.1, -0.05) is 11.8 Å². The highest BCUT2D eigenvalue weighted by Crippen LogP contribution is 2.09. The minimum Gasteiger partial charge on any atom is -0.326 e. The van der Waals surface area contributed by atoms with Gasteiger partial charge in [-0.25, -0.2) is 0 Å². The Kier molecular flexibility index (Phi) is 2.55. The molecule has 4 heteroatoms. The van der Waals surface area contributed by atoms with Crippen molar-refractivity contribution in [2.75, 3.05) is 12.8 Å². The third-order valence-electron chi connectivity index (χ3n) is 1.42. The molecule has 0 aliphatic carbocycles. The molecule has 0 fully saturated rings. The zero-order valence-electron chi connectivity index (χ0n) is 6.51. The second-order valence-corrected chi connectivity index (χ2v) is 3.01. The average Bonchev–Trinajstić information content (AvgIpc) is 2.05. The third-order valence-corrected chi connectivity index (χ3v) is 2.04. The largest absolute Gasteiger partial charge is 0.326 e. The molecule has 0 aromatic rings. The molecule has 0 atom stereocenters. The minimum absolute atomic E-state index is 0.643. The third kappa shape index (κ3) is 1.75. The van der Waals surface area contributed by atoms with Gasteiger partial charge in [0, 0.05) is 0 Å². The van der Waals surface area contributed by atoms with Gasteiger partial charge in [-0.2, -0.15) is 5.26 Å². The Balaban J connectivity index is 2.75. The zero-order valence-corrected chi connectivity index (χ0v) is 7.33. The van der Waals surface area contributed by atoms with Gasteiger partial charge in [0.2, 0.25) is 0 Å². The van der Waals surface area contributed by atoms with Gasteiger partial charge in [0.15, 0.2) is 5.17 Å². The Morgan fingerprint density at radius 2 is 2.45 bits per heavy atom. The maximum absolute atomic E-state index is 8.64. The first kappa shape index (κ1) is 8.15. The van der Waals surface area contributed by atoms with Crippen molar-refractivity contribution in [3.05, 3.63) is 11.3 Å². The maximum atomic E-state index is 8.64. The highest BCUT2D eigenvalue weighted by Gasteiger charge is 2.09. The smallest absolute Gasteiger partial charge is 0.161 e. The van der Waals surface area contributed by atoms with Crippen LogP contribution in [0.3, 0.4) is 0 Å². The SMILES string of the molecule is CSC1=NCC(C)=C(C#N)N1. The van der Waals surface area contributed by atoms with Crippen molar-refractivity contribution in [2.45, 2.75) is 6.92 Å². The van der Waals surface area contributed by atoms with Crippen molar-refractivity contribution in [3.63, 3.8) is 0 Å². The second kappa shape index (κ2) is 3.44. The fourth-order valence-corrected chi connectivity index (χ4v) is 1.16. The van der Waals surface area contributed by atoms with Crippen molar-refractivity contribution in [1.29, 1.82) is 5.26 Å². The number of hydrogen-bond donors (Lipinski definition) is 1. The molecule has 1 rings (SSSR count). The molecule has 1 aliphatic rings. The summed E-state index contributed by atoms with van der Waals surface area (Å²) in [6, 6.07) is 2.09. The lowest BCUT2D eigenvalue weighted by molar-refractivity contribution is 1.00. The Morgan fingerprint density at radius 1 is 1.73 bits per heavy atom. The Hall–Kier alpha value is -0.950. The number of aliphatic imine (C=N–C) groups is 1. The molecular formula is C7H9N3S. The van der Waals surface area contributed by atoms with Crippen LogP contribution in [0.2, 0.25) is 0 Å². The molecule has 0 saturated heterocycles. The van der Waals surface area contributed by atoms with Crippen LogP contribution in [-0.2, 0) is 0 Å². The summed E-state index contributed by atoms with van der Waals surface area (Å²) in [6.07, 6.45) is 1.93. The van der Waals surface area contributed by atoms with Gasteiger partial charge in [-0.05, 0) is 18.8 Å². The van der Waals surface area contributed by atoms with Gasteiger partial charge < -0.3 is 5.32 Å². The van der Waals surface area contributed by atoms with Crippen LogP contribution >= 0.6 is 11.8 Å². The van der Waals surface area contributed by atoms with Crippen LogP contribution in [0.25, 0.3) is 0 Å². The summed E-state index contributed by atoms with van der Waals surface area (Å²) >= 11 is 1.52. The fourth-order valence-electron chi connectivity index (χ4n) is 0.762. The number of nitrogens with one attached hydrogen (secondary N) is 1. The van der Waals surface area contributed by atoms with Gasteiger partial charge >= 0.3 is 0 Å². The van der Waals surface area contributed by atoms with Gasteiger partial charge in [-0.15, -0.1) is 0 Å². The lowest BCUT2D eigenvalue weighted by atomic mass is 10.2. The highest BCUT2D eigenvalue weighted by molar-refractivity contribution is 8.13. The van der Waals surface area contributed by atoms with E-state index in [0.717, 1.165) is 10.7 Å². The van der Waals surface area contributed by atoms with Gasteiger partial charge in [0.1, 0.15) is 11.8 Å². The van der Waals surface area contributed by atoms with E-state index in [1.54, 1.807) is 0 Å². The lowest BCUT2D eigenvalue weighted by Gasteiger charge is -2.13. The van der Waals surface area contributed by atoms with Crippen LogP contribution in [0.1, 0.15) is 6.92 Å². The number of amidine groups is 1. The quantitative estimate of drug-likeness (QED) is 0.588. The van der Waals surface area contributed by atoms with Crippen molar-refractivity contribution < 1.29 is 0 Å². The summed E-state index contributed by atoms with van der Waals surface area (Å²) in [5, 5.41) is 12.4. The number of nitrogens with zero attached hydrogens (tertiary/aromatic N) is 2. The highest BCUT2D eigenvalue weighted by atomic mass is 32.2. The normalized spacial score (nSPS) is 17.0. The molecule has 0 aromatic carbocycles. The Bertz CT molecular complexity index is 259. The Morgan fingerprint density at radius 3 is 3.00 bits per heavy atom. The van der Waals surface area contributed by atoms with Gasteiger partial charge in [0.05, 0.1) is 6.54 Å². The first-order valence-corrected chi connectivity index (χ1v) is 4.45. The van der Waals surface area contributed by atoms with Crippen molar-refractivity contribution in [3.8, 4) is 6.07 Å². The summed E-state index contributed by atoms with van der Waals surface area (Å²) in [4.78, 5) is 4.19. The molecule has 3 nitrogen and oxygen atoms in total. The monoisotopic (exact) mass is 167 g/mol. The van der Waals surface area contributed by atoms with Crippen LogP contribution in [0, 0.1) is 11.3 Å². The summed E-state index contributed by atoms with van der Waals surface area (Å²) < 4.78 is 0. The summed E-state index contributed by atoms with van der Waals surface area (Å²) in [5.41, 5.74) is 1.65. The maximum Gasteiger partial charge on any atom is 0.161 e. The van der Waals surface area contributed by atoms with Crippen LogP contribution in [0.4, 0.5) is 0 Å². The topological polar surface area (TPSA) is 48.2 Å². The standard InChI is InChI=1S/C7H9N3S/c1-5-4-9-7(11-2)10-6(5)3-8/h4H2,1-2H3,(H,9,10). The summed E-state index contributed by atoms with van der Waals surface area (Å²) in [5.74, 6) is 0. The lowest BCUT2D eigenvalue weighted by Crippen LogP contribution is -2.24. The van der Waals surface area contributed by atoms with E-state index in [4.69, 9.17) is 5.26 Å². The molecule has 0 unspecified atom stereocenters. The van der Waals surface area contributed by atoms with E-state index in [1.165, 1.54) is 11.8 Å². The van der Waals surface area contributed by atoms with Crippen LogP contribution in [-0.4, -0.2) is 18.0 Å². The molecule has 0 aromatic heterocycles. The van der Waals surface area contributed by atoms with Crippen molar-refractivity contribution >= 4 is 16.9 Å². The fraction of sp³-hybridized carbons (Fsp3) is 0.429. The summed E-state index contributed by atoms with van der Waals surface area (Å²) in [6.45, 7) is 2.55. The molecule has 0 bridgehead atoms. The van der Waals surface area contributed by atoms with E-state index in [9.17, 15) is 0 Å². The number of rotatable bonds is 0.